The average Bonchev–Trinajstić information content (AvgIpc) is 2.30. The minimum Gasteiger partial charge on any atom is -0.493 e. The molecule has 0 aliphatic heterocycles. The Kier molecular flexibility index (Phi) is 5.88. The monoisotopic (exact) mass is 235 g/mol. The summed E-state index contributed by atoms with van der Waals surface area (Å²) in [5, 5.41) is 0. The second-order valence-corrected chi connectivity index (χ2v) is 4.75. The van der Waals surface area contributed by atoms with E-state index >= 15 is 0 Å². The summed E-state index contributed by atoms with van der Waals surface area (Å²) in [4.78, 5) is 2.10. The SMILES string of the molecule is CCCCCCOc1cc(N(C)C)ccc1C. The molecule has 0 saturated carbocycles. The lowest BCUT2D eigenvalue weighted by molar-refractivity contribution is 0.303. The van der Waals surface area contributed by atoms with Crippen LogP contribution in [0.5, 0.6) is 5.75 Å². The van der Waals surface area contributed by atoms with Crippen LogP contribution in [0.3, 0.4) is 0 Å². The van der Waals surface area contributed by atoms with Gasteiger partial charge in [-0.05, 0) is 25.0 Å². The van der Waals surface area contributed by atoms with Crippen LogP contribution < -0.4 is 9.64 Å². The lowest BCUT2D eigenvalue weighted by Gasteiger charge is -2.16. The fraction of sp³-hybridized carbons (Fsp3) is 0.600. The molecule has 1 aromatic rings. The number of unbranched alkanes of at least 4 members (excludes halogenated alkanes) is 3. The van der Waals surface area contributed by atoms with Gasteiger partial charge >= 0.3 is 0 Å². The molecule has 2 nitrogen and oxygen atoms in total. The van der Waals surface area contributed by atoms with Gasteiger partial charge in [0, 0.05) is 25.8 Å². The van der Waals surface area contributed by atoms with E-state index < -0.39 is 0 Å². The Morgan fingerprint density at radius 1 is 1.12 bits per heavy atom. The van der Waals surface area contributed by atoms with Crippen molar-refractivity contribution >= 4 is 5.69 Å². The number of nitrogens with zero attached hydrogens (tertiary/aromatic N) is 1. The van der Waals surface area contributed by atoms with E-state index in [9.17, 15) is 0 Å². The first-order chi connectivity index (χ1) is 8.15. The highest BCUT2D eigenvalue weighted by Crippen LogP contribution is 2.24. The summed E-state index contributed by atoms with van der Waals surface area (Å²) in [6.45, 7) is 5.16. The number of ether oxygens (including phenoxy) is 1. The number of anilines is 1. The van der Waals surface area contributed by atoms with E-state index in [1.54, 1.807) is 0 Å². The first kappa shape index (κ1) is 13.9. The molecule has 0 fully saturated rings. The van der Waals surface area contributed by atoms with E-state index in [2.05, 4.69) is 51.0 Å². The Bertz CT molecular complexity index is 334. The maximum absolute atomic E-state index is 5.85. The summed E-state index contributed by atoms with van der Waals surface area (Å²) in [6.07, 6.45) is 5.00. The smallest absolute Gasteiger partial charge is 0.124 e. The number of aryl methyl sites for hydroxylation is 1. The fourth-order valence-corrected chi connectivity index (χ4v) is 1.73. The molecule has 0 spiro atoms. The summed E-state index contributed by atoms with van der Waals surface area (Å²) in [5.74, 6) is 1.02. The first-order valence-electron chi connectivity index (χ1n) is 6.56. The van der Waals surface area contributed by atoms with Crippen molar-refractivity contribution in [1.82, 2.24) is 0 Å². The lowest BCUT2D eigenvalue weighted by Crippen LogP contribution is -2.09. The van der Waals surface area contributed by atoms with Gasteiger partial charge in [0.1, 0.15) is 5.75 Å². The largest absolute Gasteiger partial charge is 0.493 e. The highest BCUT2D eigenvalue weighted by atomic mass is 16.5. The summed E-state index contributed by atoms with van der Waals surface area (Å²) in [6, 6.07) is 6.37. The number of hydrogen-bond donors (Lipinski definition) is 0. The van der Waals surface area contributed by atoms with E-state index in [0.29, 0.717) is 0 Å². The quantitative estimate of drug-likeness (QED) is 0.662. The summed E-state index contributed by atoms with van der Waals surface area (Å²) >= 11 is 0. The number of benzene rings is 1. The second kappa shape index (κ2) is 7.21. The molecule has 0 bridgehead atoms. The maximum Gasteiger partial charge on any atom is 0.124 e. The average molecular weight is 235 g/mol. The fourth-order valence-electron chi connectivity index (χ4n) is 1.73. The summed E-state index contributed by atoms with van der Waals surface area (Å²) < 4.78 is 5.85. The zero-order valence-electron chi connectivity index (χ0n) is 11.6. The van der Waals surface area contributed by atoms with Crippen molar-refractivity contribution in [3.63, 3.8) is 0 Å². The highest BCUT2D eigenvalue weighted by molar-refractivity contribution is 5.52. The van der Waals surface area contributed by atoms with E-state index in [1.165, 1.54) is 30.5 Å². The minimum atomic E-state index is 0.831. The van der Waals surface area contributed by atoms with Crippen LogP contribution in [-0.4, -0.2) is 20.7 Å². The third-order valence-corrected chi connectivity index (χ3v) is 2.94. The topological polar surface area (TPSA) is 12.5 Å². The van der Waals surface area contributed by atoms with Gasteiger partial charge in [-0.3, -0.25) is 0 Å². The molecule has 2 heteroatoms. The first-order valence-corrected chi connectivity index (χ1v) is 6.56. The minimum absolute atomic E-state index is 0.831. The number of rotatable bonds is 7. The highest BCUT2D eigenvalue weighted by Gasteiger charge is 2.02. The van der Waals surface area contributed by atoms with Crippen LogP contribution in [0.1, 0.15) is 38.2 Å². The van der Waals surface area contributed by atoms with Crippen LogP contribution in [0.4, 0.5) is 5.69 Å². The second-order valence-electron chi connectivity index (χ2n) is 4.75. The van der Waals surface area contributed by atoms with Gasteiger partial charge in [-0.1, -0.05) is 32.3 Å². The molecule has 96 valence electrons. The Hall–Kier alpha value is -1.18. The Balaban J connectivity index is 2.49. The molecular formula is C15H25NO. The van der Waals surface area contributed by atoms with E-state index in [0.717, 1.165) is 18.8 Å². The van der Waals surface area contributed by atoms with Gasteiger partial charge in [0.15, 0.2) is 0 Å². The van der Waals surface area contributed by atoms with E-state index in [4.69, 9.17) is 4.74 Å². The van der Waals surface area contributed by atoms with Gasteiger partial charge in [0.2, 0.25) is 0 Å². The van der Waals surface area contributed by atoms with Gasteiger partial charge in [0.25, 0.3) is 0 Å². The van der Waals surface area contributed by atoms with Crippen LogP contribution in [0.15, 0.2) is 18.2 Å². The normalized spacial score (nSPS) is 10.4. The van der Waals surface area contributed by atoms with Gasteiger partial charge in [-0.15, -0.1) is 0 Å². The lowest BCUT2D eigenvalue weighted by atomic mass is 10.2. The van der Waals surface area contributed by atoms with Crippen molar-refractivity contribution < 1.29 is 4.74 Å². The molecule has 1 rings (SSSR count). The Labute approximate surface area is 106 Å². The van der Waals surface area contributed by atoms with Crippen molar-refractivity contribution in [1.29, 1.82) is 0 Å². The predicted octanol–water partition coefficient (Wildman–Crippen LogP) is 4.02. The van der Waals surface area contributed by atoms with E-state index in [-0.39, 0.29) is 0 Å². The third-order valence-electron chi connectivity index (χ3n) is 2.94. The van der Waals surface area contributed by atoms with Crippen LogP contribution in [0, 0.1) is 6.92 Å². The van der Waals surface area contributed by atoms with Crippen molar-refractivity contribution in [2.75, 3.05) is 25.6 Å². The molecule has 0 saturated heterocycles. The molecule has 0 N–H and O–H groups in total. The molecule has 17 heavy (non-hydrogen) atoms. The van der Waals surface area contributed by atoms with Gasteiger partial charge in [0.05, 0.1) is 6.61 Å². The summed E-state index contributed by atoms with van der Waals surface area (Å²) in [7, 11) is 4.10. The zero-order valence-corrected chi connectivity index (χ0v) is 11.6. The number of hydrogen-bond acceptors (Lipinski definition) is 2. The molecule has 0 heterocycles. The van der Waals surface area contributed by atoms with Gasteiger partial charge < -0.3 is 9.64 Å². The van der Waals surface area contributed by atoms with Gasteiger partial charge in [-0.2, -0.15) is 0 Å². The maximum atomic E-state index is 5.85. The third kappa shape index (κ3) is 4.68. The predicted molar refractivity (Wildman–Crippen MR) is 75.1 cm³/mol. The van der Waals surface area contributed by atoms with Crippen LogP contribution in [0.25, 0.3) is 0 Å². The molecule has 0 aromatic heterocycles. The molecule has 1 aromatic carbocycles. The molecule has 0 atom stereocenters. The molecule has 0 aliphatic rings. The van der Waals surface area contributed by atoms with Gasteiger partial charge in [-0.25, -0.2) is 0 Å². The molecule has 0 amide bonds. The van der Waals surface area contributed by atoms with E-state index in [1.807, 2.05) is 0 Å². The van der Waals surface area contributed by atoms with Crippen molar-refractivity contribution in [2.24, 2.45) is 0 Å². The van der Waals surface area contributed by atoms with Crippen LogP contribution >= 0.6 is 0 Å². The Morgan fingerprint density at radius 2 is 1.88 bits per heavy atom. The van der Waals surface area contributed by atoms with Crippen LogP contribution in [0.2, 0.25) is 0 Å². The molecule has 0 radical (unpaired) electrons. The van der Waals surface area contributed by atoms with Crippen molar-refractivity contribution in [3.05, 3.63) is 23.8 Å². The van der Waals surface area contributed by atoms with Crippen molar-refractivity contribution in [2.45, 2.75) is 39.5 Å². The molecule has 0 aliphatic carbocycles. The molecular weight excluding hydrogens is 210 g/mol. The van der Waals surface area contributed by atoms with Crippen molar-refractivity contribution in [3.8, 4) is 5.75 Å². The zero-order chi connectivity index (χ0) is 12.7. The summed E-state index contributed by atoms with van der Waals surface area (Å²) in [5.41, 5.74) is 2.41. The standard InChI is InChI=1S/C15H25NO/c1-5-6-7-8-11-17-15-12-14(16(3)4)10-9-13(15)2/h9-10,12H,5-8,11H2,1-4H3. The molecule has 0 unspecified atom stereocenters. The Morgan fingerprint density at radius 3 is 2.53 bits per heavy atom. The van der Waals surface area contributed by atoms with Crippen LogP contribution in [-0.2, 0) is 0 Å².